The molecule has 0 aromatic heterocycles. The minimum Gasteiger partial charge on any atom is -0.489 e. The van der Waals surface area contributed by atoms with Crippen LogP contribution in [0, 0.1) is 12.7 Å². The van der Waals surface area contributed by atoms with Crippen molar-refractivity contribution in [2.24, 2.45) is 0 Å². The largest absolute Gasteiger partial charge is 0.489 e. The molecule has 1 aromatic rings. The van der Waals surface area contributed by atoms with Gasteiger partial charge in [0, 0.05) is 12.1 Å². The van der Waals surface area contributed by atoms with Gasteiger partial charge in [0.15, 0.2) is 0 Å². The van der Waals surface area contributed by atoms with E-state index < -0.39 is 0 Å². The predicted octanol–water partition coefficient (Wildman–Crippen LogP) is 3.29. The van der Waals surface area contributed by atoms with Crippen LogP contribution < -0.4 is 10.1 Å². The van der Waals surface area contributed by atoms with Gasteiger partial charge < -0.3 is 10.1 Å². The van der Waals surface area contributed by atoms with E-state index in [0.717, 1.165) is 13.0 Å². The van der Waals surface area contributed by atoms with Gasteiger partial charge in [0.2, 0.25) is 0 Å². The Morgan fingerprint density at radius 1 is 1.35 bits per heavy atom. The fraction of sp³-hybridized carbons (Fsp3) is 0.571. The maximum Gasteiger partial charge on any atom is 0.129 e. The lowest BCUT2D eigenvalue weighted by Crippen LogP contribution is -2.40. The highest BCUT2D eigenvalue weighted by Crippen LogP contribution is 2.18. The first-order chi connectivity index (χ1) is 8.08. The summed E-state index contributed by atoms with van der Waals surface area (Å²) in [7, 11) is 0. The van der Waals surface area contributed by atoms with Gasteiger partial charge in [-0.05, 0) is 38.4 Å². The van der Waals surface area contributed by atoms with Gasteiger partial charge in [-0.3, -0.25) is 0 Å². The SMILES string of the molecule is CCNC(CC)C(C)Oc1ccc(C)c(F)c1. The number of hydrogen-bond acceptors (Lipinski definition) is 2. The minimum absolute atomic E-state index is 0.0297. The van der Waals surface area contributed by atoms with Gasteiger partial charge in [-0.2, -0.15) is 0 Å². The summed E-state index contributed by atoms with van der Waals surface area (Å²) < 4.78 is 19.1. The first kappa shape index (κ1) is 14.0. The van der Waals surface area contributed by atoms with E-state index in [4.69, 9.17) is 4.74 Å². The summed E-state index contributed by atoms with van der Waals surface area (Å²) in [5.41, 5.74) is 0.642. The van der Waals surface area contributed by atoms with Gasteiger partial charge >= 0.3 is 0 Å². The molecule has 1 aromatic carbocycles. The lowest BCUT2D eigenvalue weighted by Gasteiger charge is -2.24. The summed E-state index contributed by atoms with van der Waals surface area (Å²) >= 11 is 0. The predicted molar refractivity (Wildman–Crippen MR) is 69.0 cm³/mol. The van der Waals surface area contributed by atoms with Crippen LogP contribution in [-0.4, -0.2) is 18.7 Å². The molecule has 3 heteroatoms. The average molecular weight is 239 g/mol. The summed E-state index contributed by atoms with van der Waals surface area (Å²) in [6, 6.07) is 5.30. The van der Waals surface area contributed by atoms with Crippen LogP contribution in [0.5, 0.6) is 5.75 Å². The Labute approximate surface area is 103 Å². The van der Waals surface area contributed by atoms with Crippen molar-refractivity contribution >= 4 is 0 Å². The maximum absolute atomic E-state index is 13.4. The fourth-order valence-corrected chi connectivity index (χ4v) is 1.85. The van der Waals surface area contributed by atoms with Crippen molar-refractivity contribution in [2.45, 2.75) is 46.3 Å². The number of halogens is 1. The van der Waals surface area contributed by atoms with Gasteiger partial charge in [-0.1, -0.05) is 19.9 Å². The third kappa shape index (κ3) is 4.00. The van der Waals surface area contributed by atoms with Crippen molar-refractivity contribution in [2.75, 3.05) is 6.54 Å². The van der Waals surface area contributed by atoms with Gasteiger partial charge in [0.1, 0.15) is 17.7 Å². The number of hydrogen-bond donors (Lipinski definition) is 1. The smallest absolute Gasteiger partial charge is 0.129 e. The Kier molecular flexibility index (Phi) is 5.42. The molecular weight excluding hydrogens is 217 g/mol. The highest BCUT2D eigenvalue weighted by atomic mass is 19.1. The van der Waals surface area contributed by atoms with Crippen molar-refractivity contribution in [3.05, 3.63) is 29.6 Å². The molecule has 0 radical (unpaired) electrons. The molecule has 0 aliphatic rings. The van der Waals surface area contributed by atoms with Gasteiger partial charge in [-0.15, -0.1) is 0 Å². The second-order valence-electron chi connectivity index (χ2n) is 4.31. The Balaban J connectivity index is 2.66. The Morgan fingerprint density at radius 3 is 2.59 bits per heavy atom. The Morgan fingerprint density at radius 2 is 2.06 bits per heavy atom. The van der Waals surface area contributed by atoms with Gasteiger partial charge in [0.25, 0.3) is 0 Å². The number of benzene rings is 1. The highest BCUT2D eigenvalue weighted by molar-refractivity contribution is 5.28. The summed E-state index contributed by atoms with van der Waals surface area (Å²) in [6.45, 7) is 8.85. The molecule has 96 valence electrons. The van der Waals surface area contributed by atoms with Crippen molar-refractivity contribution in [3.63, 3.8) is 0 Å². The number of rotatable bonds is 6. The summed E-state index contributed by atoms with van der Waals surface area (Å²) in [5, 5.41) is 3.36. The quantitative estimate of drug-likeness (QED) is 0.822. The van der Waals surface area contributed by atoms with Crippen LogP contribution in [0.2, 0.25) is 0 Å². The van der Waals surface area contributed by atoms with Gasteiger partial charge in [0.05, 0.1) is 0 Å². The molecule has 2 unspecified atom stereocenters. The van der Waals surface area contributed by atoms with E-state index in [-0.39, 0.29) is 11.9 Å². The monoisotopic (exact) mass is 239 g/mol. The number of nitrogens with one attached hydrogen (secondary N) is 1. The zero-order chi connectivity index (χ0) is 12.8. The van der Waals surface area contributed by atoms with Crippen LogP contribution in [0.3, 0.4) is 0 Å². The molecule has 1 rings (SSSR count). The van der Waals surface area contributed by atoms with Crippen molar-refractivity contribution in [1.82, 2.24) is 5.32 Å². The van der Waals surface area contributed by atoms with Crippen LogP contribution in [0.25, 0.3) is 0 Å². The molecule has 1 N–H and O–H groups in total. The van der Waals surface area contributed by atoms with Crippen LogP contribution in [-0.2, 0) is 0 Å². The molecular formula is C14H22FNO. The second kappa shape index (κ2) is 6.60. The fourth-order valence-electron chi connectivity index (χ4n) is 1.85. The van der Waals surface area contributed by atoms with Crippen molar-refractivity contribution < 1.29 is 9.13 Å². The number of aryl methyl sites for hydroxylation is 1. The zero-order valence-corrected chi connectivity index (χ0v) is 11.1. The number of ether oxygens (including phenoxy) is 1. The van der Waals surface area contributed by atoms with E-state index in [9.17, 15) is 4.39 Å². The molecule has 0 aliphatic carbocycles. The molecule has 17 heavy (non-hydrogen) atoms. The maximum atomic E-state index is 13.4. The normalized spacial score (nSPS) is 14.4. The van der Waals surface area contributed by atoms with Crippen LogP contribution in [0.15, 0.2) is 18.2 Å². The van der Waals surface area contributed by atoms with E-state index in [1.807, 2.05) is 13.0 Å². The second-order valence-corrected chi connectivity index (χ2v) is 4.31. The minimum atomic E-state index is -0.216. The van der Waals surface area contributed by atoms with Crippen LogP contribution in [0.1, 0.15) is 32.8 Å². The Hall–Kier alpha value is -1.09. The third-order valence-corrected chi connectivity index (χ3v) is 2.94. The van der Waals surface area contributed by atoms with E-state index in [2.05, 4.69) is 19.2 Å². The molecule has 0 bridgehead atoms. The molecule has 2 atom stereocenters. The molecule has 0 spiro atoms. The summed E-state index contributed by atoms with van der Waals surface area (Å²) in [4.78, 5) is 0. The van der Waals surface area contributed by atoms with E-state index in [1.165, 1.54) is 6.07 Å². The first-order valence-electron chi connectivity index (χ1n) is 6.24. The molecule has 0 saturated heterocycles. The molecule has 0 amide bonds. The van der Waals surface area contributed by atoms with Crippen LogP contribution in [0.4, 0.5) is 4.39 Å². The van der Waals surface area contributed by atoms with Crippen molar-refractivity contribution in [1.29, 1.82) is 0 Å². The molecule has 0 saturated carbocycles. The lowest BCUT2D eigenvalue weighted by atomic mass is 10.1. The van der Waals surface area contributed by atoms with E-state index in [0.29, 0.717) is 17.4 Å². The topological polar surface area (TPSA) is 21.3 Å². The lowest BCUT2D eigenvalue weighted by molar-refractivity contribution is 0.167. The molecule has 0 fully saturated rings. The van der Waals surface area contributed by atoms with E-state index in [1.54, 1.807) is 13.0 Å². The molecule has 2 nitrogen and oxygen atoms in total. The Bertz CT molecular complexity index is 354. The first-order valence-corrected chi connectivity index (χ1v) is 6.24. The zero-order valence-electron chi connectivity index (χ0n) is 11.1. The average Bonchev–Trinajstić information content (AvgIpc) is 2.30. The summed E-state index contributed by atoms with van der Waals surface area (Å²) in [5.74, 6) is 0.378. The molecule has 0 aliphatic heterocycles. The standard InChI is InChI=1S/C14H22FNO/c1-5-14(16-6-2)11(4)17-12-8-7-10(3)13(15)9-12/h7-9,11,14,16H,5-6H2,1-4H3. The van der Waals surface area contributed by atoms with E-state index >= 15 is 0 Å². The number of likely N-dealkylation sites (N-methyl/N-ethyl adjacent to an activating group) is 1. The highest BCUT2D eigenvalue weighted by Gasteiger charge is 2.16. The third-order valence-electron chi connectivity index (χ3n) is 2.94. The van der Waals surface area contributed by atoms with Gasteiger partial charge in [-0.25, -0.2) is 4.39 Å². The summed E-state index contributed by atoms with van der Waals surface area (Å²) in [6.07, 6.45) is 1.02. The van der Waals surface area contributed by atoms with Crippen LogP contribution >= 0.6 is 0 Å². The molecule has 0 heterocycles. The van der Waals surface area contributed by atoms with Crippen molar-refractivity contribution in [3.8, 4) is 5.75 Å².